The van der Waals surface area contributed by atoms with Crippen LogP contribution in [0.3, 0.4) is 0 Å². The number of nitrogens with one attached hydrogen (secondary N) is 2. The highest BCUT2D eigenvalue weighted by Crippen LogP contribution is 2.33. The van der Waals surface area contributed by atoms with Gasteiger partial charge in [0.2, 0.25) is 5.89 Å². The second-order valence-corrected chi connectivity index (χ2v) is 11.2. The number of hydrogen-bond acceptors (Lipinski definition) is 10. The van der Waals surface area contributed by atoms with Gasteiger partial charge < -0.3 is 36.1 Å². The standard InChI is InChI=1S/C26H23F2N7O.3C2HF3O2/c27-20-2-1-3-21(28)24(20)33-17-4-5-22-23(11-17)36-26(34-22)19-10-15(12-31-25(19)29)16-13-32-35(14-16)18-6-8-30-9-7-18;3*3-2(4,5)1(6)7/h1-5,10-14,18,30,33H,6-9H2,(H2,29,31);3*(H,6,7). The van der Waals surface area contributed by atoms with Crippen LogP contribution in [0.25, 0.3) is 33.7 Å². The van der Waals surface area contributed by atoms with E-state index in [2.05, 4.69) is 25.7 Å². The molecule has 1 fully saturated rings. The number of nitrogen functional groups attached to an aromatic ring is 1. The highest BCUT2D eigenvalue weighted by atomic mass is 19.4. The summed E-state index contributed by atoms with van der Waals surface area (Å²) in [6.07, 6.45) is -7.62. The maximum atomic E-state index is 14.0. The smallest absolute Gasteiger partial charge is 0.475 e. The average Bonchev–Trinajstić information content (AvgIpc) is 3.78. The summed E-state index contributed by atoms with van der Waals surface area (Å²) in [5.41, 5.74) is 9.74. The fraction of sp³-hybridized carbons (Fsp3) is 0.250. The Balaban J connectivity index is 0.000000341. The third-order valence-corrected chi connectivity index (χ3v) is 7.11. The third-order valence-electron chi connectivity index (χ3n) is 7.11. The molecule has 25 heteroatoms. The molecule has 0 unspecified atom stereocenters. The number of aliphatic carboxylic acids is 3. The number of fused-ring (bicyclic) bond motifs is 1. The number of hydrogen-bond donors (Lipinski definition) is 6. The number of piperidine rings is 1. The van der Waals surface area contributed by atoms with Crippen LogP contribution in [-0.4, -0.2) is 84.6 Å². The molecular weight excluding hydrogens is 803 g/mol. The zero-order valence-corrected chi connectivity index (χ0v) is 28.2. The molecule has 0 amide bonds. The zero-order valence-electron chi connectivity index (χ0n) is 28.2. The Hall–Kier alpha value is -6.53. The first-order chi connectivity index (χ1) is 26.4. The molecule has 0 aliphatic carbocycles. The van der Waals surface area contributed by atoms with Crippen LogP contribution < -0.4 is 16.4 Å². The molecule has 3 aromatic heterocycles. The molecule has 6 rings (SSSR count). The van der Waals surface area contributed by atoms with Gasteiger partial charge in [-0.3, -0.25) is 4.68 Å². The van der Waals surface area contributed by atoms with E-state index in [0.29, 0.717) is 34.3 Å². The molecule has 0 spiro atoms. The number of halogens is 11. The lowest BCUT2D eigenvalue weighted by Crippen LogP contribution is -2.29. The monoisotopic (exact) mass is 829 g/mol. The van der Waals surface area contributed by atoms with Crippen molar-refractivity contribution in [2.24, 2.45) is 0 Å². The molecule has 57 heavy (non-hydrogen) atoms. The highest BCUT2D eigenvalue weighted by Gasteiger charge is 2.39. The van der Waals surface area contributed by atoms with Crippen molar-refractivity contribution in [3.8, 4) is 22.6 Å². The van der Waals surface area contributed by atoms with Gasteiger partial charge in [-0.25, -0.2) is 33.1 Å². The van der Waals surface area contributed by atoms with Crippen LogP contribution in [0.2, 0.25) is 0 Å². The third kappa shape index (κ3) is 13.0. The van der Waals surface area contributed by atoms with Gasteiger partial charge in [-0.15, -0.1) is 0 Å². The van der Waals surface area contributed by atoms with Gasteiger partial charge in [-0.2, -0.15) is 44.6 Å². The fourth-order valence-electron chi connectivity index (χ4n) is 4.44. The Labute approximate surface area is 310 Å². The number of nitrogens with two attached hydrogens (primary N) is 1. The van der Waals surface area contributed by atoms with Crippen molar-refractivity contribution in [3.05, 3.63) is 72.7 Å². The summed E-state index contributed by atoms with van der Waals surface area (Å²) in [5.74, 6) is -9.06. The van der Waals surface area contributed by atoms with Gasteiger partial charge in [0, 0.05) is 35.3 Å². The number of para-hydroxylation sites is 1. The highest BCUT2D eigenvalue weighted by molar-refractivity contribution is 5.84. The summed E-state index contributed by atoms with van der Waals surface area (Å²) in [5, 5.41) is 32.1. The number of carboxylic acid groups (broad SMARTS) is 3. The van der Waals surface area contributed by atoms with Crippen LogP contribution in [0, 0.1) is 11.6 Å². The van der Waals surface area contributed by atoms with Crippen molar-refractivity contribution in [1.29, 1.82) is 0 Å². The van der Waals surface area contributed by atoms with Gasteiger partial charge >= 0.3 is 36.4 Å². The van der Waals surface area contributed by atoms with Crippen LogP contribution in [0.1, 0.15) is 18.9 Å². The van der Waals surface area contributed by atoms with Gasteiger partial charge in [0.1, 0.15) is 28.7 Å². The Morgan fingerprint density at radius 1 is 0.807 bits per heavy atom. The first-order valence-electron chi connectivity index (χ1n) is 15.4. The molecule has 0 bridgehead atoms. The molecule has 1 saturated heterocycles. The molecule has 0 radical (unpaired) electrons. The number of pyridine rings is 1. The topological polar surface area (TPSA) is 219 Å². The van der Waals surface area contributed by atoms with E-state index in [4.69, 9.17) is 39.9 Å². The predicted octanol–water partition coefficient (Wildman–Crippen LogP) is 7.18. The van der Waals surface area contributed by atoms with Crippen LogP contribution >= 0.6 is 0 Å². The lowest BCUT2D eigenvalue weighted by Gasteiger charge is -2.22. The van der Waals surface area contributed by atoms with Gasteiger partial charge in [0.15, 0.2) is 5.58 Å². The molecule has 0 saturated carbocycles. The number of carbonyl (C=O) groups is 3. The molecule has 0 atom stereocenters. The van der Waals surface area contributed by atoms with Crippen LogP contribution in [0.4, 0.5) is 65.5 Å². The summed E-state index contributed by atoms with van der Waals surface area (Å²) in [7, 11) is 0. The van der Waals surface area contributed by atoms with Crippen molar-refractivity contribution in [1.82, 2.24) is 25.1 Å². The molecule has 308 valence electrons. The molecule has 2 aromatic carbocycles. The summed E-state index contributed by atoms with van der Waals surface area (Å²) < 4.78 is 131. The lowest BCUT2D eigenvalue weighted by atomic mass is 10.1. The number of nitrogens with zero attached hydrogens (tertiary/aromatic N) is 4. The van der Waals surface area contributed by atoms with Gasteiger partial charge in [0.05, 0.1) is 17.8 Å². The molecule has 4 heterocycles. The van der Waals surface area contributed by atoms with Crippen molar-refractivity contribution in [2.75, 3.05) is 24.1 Å². The van der Waals surface area contributed by atoms with Crippen molar-refractivity contribution in [3.63, 3.8) is 0 Å². The molecule has 14 nitrogen and oxygen atoms in total. The van der Waals surface area contributed by atoms with Crippen molar-refractivity contribution in [2.45, 2.75) is 37.4 Å². The second-order valence-electron chi connectivity index (χ2n) is 11.2. The van der Waals surface area contributed by atoms with Crippen molar-refractivity contribution < 1.29 is 82.4 Å². The van der Waals surface area contributed by atoms with Crippen molar-refractivity contribution >= 4 is 46.2 Å². The fourth-order valence-corrected chi connectivity index (χ4v) is 4.44. The number of anilines is 3. The Morgan fingerprint density at radius 3 is 1.84 bits per heavy atom. The number of oxazole rings is 1. The van der Waals surface area contributed by atoms with Crippen LogP contribution in [0.15, 0.2) is 65.5 Å². The van der Waals surface area contributed by atoms with Crippen LogP contribution in [0.5, 0.6) is 0 Å². The number of rotatable bonds is 5. The van der Waals surface area contributed by atoms with E-state index < -0.39 is 48.1 Å². The summed E-state index contributed by atoms with van der Waals surface area (Å²) in [4.78, 5) is 35.6. The van der Waals surface area contributed by atoms with Crippen LogP contribution in [-0.2, 0) is 14.4 Å². The minimum absolute atomic E-state index is 0.234. The molecular formula is C32H26F11N7O7. The minimum Gasteiger partial charge on any atom is -0.475 e. The number of aromatic nitrogens is 4. The largest absolute Gasteiger partial charge is 0.490 e. The minimum atomic E-state index is -5.08. The predicted molar refractivity (Wildman–Crippen MR) is 175 cm³/mol. The van der Waals surface area contributed by atoms with Gasteiger partial charge in [-0.05, 0) is 56.3 Å². The van der Waals surface area contributed by atoms with E-state index in [-0.39, 0.29) is 11.5 Å². The van der Waals surface area contributed by atoms with E-state index in [1.807, 2.05) is 23.1 Å². The first-order valence-corrected chi connectivity index (χ1v) is 15.4. The number of benzene rings is 2. The van der Waals surface area contributed by atoms with E-state index >= 15 is 0 Å². The van der Waals surface area contributed by atoms with Gasteiger partial charge in [-0.1, -0.05) is 6.07 Å². The normalized spacial score (nSPS) is 13.2. The first kappa shape index (κ1) is 44.9. The molecule has 7 N–H and O–H groups in total. The molecule has 5 aromatic rings. The molecule has 1 aliphatic heterocycles. The number of carboxylic acids is 3. The number of alkyl halides is 9. The van der Waals surface area contributed by atoms with E-state index in [0.717, 1.165) is 37.1 Å². The maximum Gasteiger partial charge on any atom is 0.490 e. The Kier molecular flexibility index (Phi) is 14.5. The zero-order chi connectivity index (χ0) is 42.9. The van der Waals surface area contributed by atoms with E-state index in [1.54, 1.807) is 24.4 Å². The Morgan fingerprint density at radius 2 is 1.33 bits per heavy atom. The quantitative estimate of drug-likeness (QED) is 0.0969. The SMILES string of the molecule is Nc1ncc(-c2cnn(C3CCNCC3)c2)cc1-c1nc2ccc(Nc3c(F)cccc3F)cc2o1.O=C(O)C(F)(F)F.O=C(O)C(F)(F)F.O=C(O)C(F)(F)F. The summed E-state index contributed by atoms with van der Waals surface area (Å²) >= 11 is 0. The lowest BCUT2D eigenvalue weighted by molar-refractivity contribution is -0.193. The summed E-state index contributed by atoms with van der Waals surface area (Å²) in [6, 6.07) is 11.0. The van der Waals surface area contributed by atoms with E-state index in [1.165, 1.54) is 18.2 Å². The van der Waals surface area contributed by atoms with E-state index in [9.17, 15) is 48.3 Å². The van der Waals surface area contributed by atoms with Gasteiger partial charge in [0.25, 0.3) is 0 Å². The average molecular weight is 830 g/mol. The molecule has 1 aliphatic rings. The Bertz CT molecular complexity index is 2100. The second kappa shape index (κ2) is 18.4. The maximum absolute atomic E-state index is 14.0. The summed E-state index contributed by atoms with van der Waals surface area (Å²) in [6.45, 7) is 1.97.